The van der Waals surface area contributed by atoms with E-state index in [-0.39, 0.29) is 36.5 Å². The predicted octanol–water partition coefficient (Wildman–Crippen LogP) is 2.52. The Balaban J connectivity index is 0.00000338. The van der Waals surface area contributed by atoms with E-state index in [9.17, 15) is 0 Å². The van der Waals surface area contributed by atoms with E-state index in [0.29, 0.717) is 36.1 Å². The van der Waals surface area contributed by atoms with Crippen molar-refractivity contribution >= 4 is 36.5 Å². The average molecular weight is 415 g/mol. The Hall–Kier alpha value is -2.58. The molecule has 2 aromatic rings. The molecule has 6 N–H and O–H groups in total. The molecule has 27 heavy (non-hydrogen) atoms. The second-order valence-corrected chi connectivity index (χ2v) is 5.34. The van der Waals surface area contributed by atoms with Gasteiger partial charge in [-0.15, -0.1) is 24.8 Å². The topological polar surface area (TPSA) is 144 Å². The van der Waals surface area contributed by atoms with Crippen molar-refractivity contribution in [1.82, 2.24) is 9.97 Å². The molecule has 0 bridgehead atoms. The van der Waals surface area contributed by atoms with Gasteiger partial charge >= 0.3 is 0 Å². The molecule has 2 aromatic heterocycles. The number of pyridine rings is 2. The number of nitrogens with two attached hydrogens (primary N) is 2. The van der Waals surface area contributed by atoms with Gasteiger partial charge in [-0.3, -0.25) is 20.8 Å². The van der Waals surface area contributed by atoms with Gasteiger partial charge in [0.15, 0.2) is 0 Å². The highest BCUT2D eigenvalue weighted by Crippen LogP contribution is 2.13. The molecule has 0 aliphatic carbocycles. The maximum Gasteiger partial charge on any atom is 0.141 e. The summed E-state index contributed by atoms with van der Waals surface area (Å²) >= 11 is 0. The molecule has 0 saturated heterocycles. The maximum atomic E-state index is 7.35. The van der Waals surface area contributed by atoms with Crippen LogP contribution in [0.5, 0.6) is 11.5 Å². The van der Waals surface area contributed by atoms with Crippen LogP contribution in [0.3, 0.4) is 0 Å². The molecule has 10 heteroatoms. The number of amidine groups is 2. The Morgan fingerprint density at radius 3 is 1.56 bits per heavy atom. The van der Waals surface area contributed by atoms with Gasteiger partial charge in [0, 0.05) is 24.5 Å². The second-order valence-electron chi connectivity index (χ2n) is 5.34. The van der Waals surface area contributed by atoms with Gasteiger partial charge in [0.2, 0.25) is 0 Å². The van der Waals surface area contributed by atoms with Crippen molar-refractivity contribution < 1.29 is 9.47 Å². The van der Waals surface area contributed by atoms with Crippen LogP contribution in [0.25, 0.3) is 0 Å². The fraction of sp³-hybridized carbons (Fsp3) is 0.294. The first-order valence-electron chi connectivity index (χ1n) is 7.93. The highest BCUT2D eigenvalue weighted by Gasteiger charge is 2.02. The summed E-state index contributed by atoms with van der Waals surface area (Å²) < 4.78 is 11.2. The number of halogens is 2. The average Bonchev–Trinajstić information content (AvgIpc) is 2.61. The van der Waals surface area contributed by atoms with Gasteiger partial charge in [0.25, 0.3) is 0 Å². The van der Waals surface area contributed by atoms with Crippen LogP contribution in [0.2, 0.25) is 0 Å². The lowest BCUT2D eigenvalue weighted by Gasteiger charge is -2.08. The first kappa shape index (κ1) is 24.4. The molecule has 0 aliphatic rings. The van der Waals surface area contributed by atoms with Crippen LogP contribution in [0.4, 0.5) is 0 Å². The van der Waals surface area contributed by atoms with Gasteiger partial charge in [-0.2, -0.15) is 0 Å². The molecule has 0 fully saturated rings. The zero-order chi connectivity index (χ0) is 18.1. The Labute approximate surface area is 170 Å². The molecule has 0 spiro atoms. The number of aromatic nitrogens is 2. The van der Waals surface area contributed by atoms with Crippen molar-refractivity contribution in [2.75, 3.05) is 13.2 Å². The summed E-state index contributed by atoms with van der Waals surface area (Å²) in [6.07, 6.45) is 5.87. The standard InChI is InChI=1S/C17H22N6O2.2ClH/c18-16(19)14-10-12(4-6-22-14)24-8-2-1-3-9-25-13-5-7-23-15(11-13)17(20)21;;/h4-7,10-11H,1-3,8-9H2,(H3,18,19)(H3,20,21);2*1H. The lowest BCUT2D eigenvalue weighted by molar-refractivity contribution is 0.279. The number of rotatable bonds is 10. The molecule has 148 valence electrons. The van der Waals surface area contributed by atoms with E-state index >= 15 is 0 Å². The normalized spacial score (nSPS) is 9.48. The summed E-state index contributed by atoms with van der Waals surface area (Å²) in [5.41, 5.74) is 11.6. The molecule has 0 amide bonds. The molecule has 0 unspecified atom stereocenters. The van der Waals surface area contributed by atoms with Gasteiger partial charge in [-0.25, -0.2) is 0 Å². The lowest BCUT2D eigenvalue weighted by Crippen LogP contribution is -2.13. The van der Waals surface area contributed by atoms with Gasteiger partial charge in [0.05, 0.1) is 13.2 Å². The predicted molar refractivity (Wildman–Crippen MR) is 110 cm³/mol. The Morgan fingerprint density at radius 2 is 1.19 bits per heavy atom. The van der Waals surface area contributed by atoms with Crippen LogP contribution in [-0.4, -0.2) is 34.9 Å². The molecular formula is C17H24Cl2N6O2. The first-order valence-corrected chi connectivity index (χ1v) is 7.93. The highest BCUT2D eigenvalue weighted by molar-refractivity contribution is 5.93. The summed E-state index contributed by atoms with van der Waals surface area (Å²) in [5, 5.41) is 14.7. The third kappa shape index (κ3) is 8.57. The van der Waals surface area contributed by atoms with Crippen molar-refractivity contribution in [2.24, 2.45) is 11.5 Å². The SMILES string of the molecule is Cl.Cl.N=C(N)c1cc(OCCCCCOc2ccnc(C(=N)N)c2)ccn1. The van der Waals surface area contributed by atoms with Crippen LogP contribution in [-0.2, 0) is 0 Å². The second kappa shape index (κ2) is 12.7. The Bertz CT molecular complexity index is 683. The van der Waals surface area contributed by atoms with Crippen molar-refractivity contribution in [3.63, 3.8) is 0 Å². The number of nitrogens with one attached hydrogen (secondary N) is 2. The maximum absolute atomic E-state index is 7.35. The first-order chi connectivity index (χ1) is 12.1. The van der Waals surface area contributed by atoms with Gasteiger partial charge in [-0.05, 0) is 31.4 Å². The van der Waals surface area contributed by atoms with Gasteiger partial charge in [-0.1, -0.05) is 0 Å². The molecule has 2 heterocycles. The van der Waals surface area contributed by atoms with E-state index in [1.807, 2.05) is 0 Å². The van der Waals surface area contributed by atoms with Crippen molar-refractivity contribution in [1.29, 1.82) is 10.8 Å². The highest BCUT2D eigenvalue weighted by atomic mass is 35.5. The van der Waals surface area contributed by atoms with Crippen LogP contribution in [0.15, 0.2) is 36.7 Å². The van der Waals surface area contributed by atoms with Crippen LogP contribution in [0.1, 0.15) is 30.7 Å². The summed E-state index contributed by atoms with van der Waals surface area (Å²) in [6.45, 7) is 1.15. The minimum atomic E-state index is -0.0772. The summed E-state index contributed by atoms with van der Waals surface area (Å²) in [6, 6.07) is 6.79. The monoisotopic (exact) mass is 414 g/mol. The van der Waals surface area contributed by atoms with Crippen molar-refractivity contribution in [3.8, 4) is 11.5 Å². The van der Waals surface area contributed by atoms with Crippen LogP contribution in [0, 0.1) is 10.8 Å². The van der Waals surface area contributed by atoms with Gasteiger partial charge < -0.3 is 20.9 Å². The van der Waals surface area contributed by atoms with E-state index in [1.165, 1.54) is 0 Å². The fourth-order valence-electron chi connectivity index (χ4n) is 2.06. The largest absolute Gasteiger partial charge is 0.493 e. The molecule has 0 aliphatic heterocycles. The summed E-state index contributed by atoms with van der Waals surface area (Å²) in [4.78, 5) is 7.96. The Kier molecular flexibility index (Phi) is 11.5. The lowest BCUT2D eigenvalue weighted by atomic mass is 10.2. The van der Waals surface area contributed by atoms with Crippen molar-refractivity contribution in [3.05, 3.63) is 48.0 Å². The summed E-state index contributed by atoms with van der Waals surface area (Å²) in [5.74, 6) is 1.16. The zero-order valence-electron chi connectivity index (χ0n) is 14.7. The summed E-state index contributed by atoms with van der Waals surface area (Å²) in [7, 11) is 0. The zero-order valence-corrected chi connectivity index (χ0v) is 16.3. The molecule has 0 radical (unpaired) electrons. The van der Waals surface area contributed by atoms with Gasteiger partial charge in [0.1, 0.15) is 34.6 Å². The van der Waals surface area contributed by atoms with E-state index in [4.69, 9.17) is 31.8 Å². The number of nitrogens with zero attached hydrogens (tertiary/aromatic N) is 2. The molecule has 8 nitrogen and oxygen atoms in total. The van der Waals surface area contributed by atoms with E-state index < -0.39 is 0 Å². The van der Waals surface area contributed by atoms with E-state index in [0.717, 1.165) is 19.3 Å². The van der Waals surface area contributed by atoms with Crippen molar-refractivity contribution in [2.45, 2.75) is 19.3 Å². The van der Waals surface area contributed by atoms with Crippen LogP contribution < -0.4 is 20.9 Å². The minimum Gasteiger partial charge on any atom is -0.493 e. The number of ether oxygens (including phenoxy) is 2. The van der Waals surface area contributed by atoms with E-state index in [1.54, 1.807) is 36.7 Å². The molecular weight excluding hydrogens is 391 g/mol. The third-order valence-electron chi connectivity index (χ3n) is 3.34. The number of hydrogen-bond acceptors (Lipinski definition) is 6. The number of hydrogen-bond donors (Lipinski definition) is 4. The molecule has 0 atom stereocenters. The third-order valence-corrected chi connectivity index (χ3v) is 3.34. The molecule has 2 rings (SSSR count). The number of nitrogen functional groups attached to an aromatic ring is 2. The molecule has 0 saturated carbocycles. The number of unbranched alkanes of at least 4 members (excludes halogenated alkanes) is 2. The quantitative estimate of drug-likeness (QED) is 0.267. The Morgan fingerprint density at radius 1 is 0.778 bits per heavy atom. The minimum absolute atomic E-state index is 0. The van der Waals surface area contributed by atoms with E-state index in [2.05, 4.69) is 9.97 Å². The fourth-order valence-corrected chi connectivity index (χ4v) is 2.06. The van der Waals surface area contributed by atoms with Crippen LogP contribution >= 0.6 is 24.8 Å². The molecule has 0 aromatic carbocycles. The smallest absolute Gasteiger partial charge is 0.141 e.